The molecule has 11 aromatic rings. The van der Waals surface area contributed by atoms with Crippen LogP contribution >= 0.6 is 0 Å². The number of benzene rings is 11. The molecule has 11 aromatic carbocycles. The first-order valence-corrected chi connectivity index (χ1v) is 36.3. The quantitative estimate of drug-likeness (QED) is 0.0716. The third-order valence-corrected chi connectivity index (χ3v) is 21.0. The standard InChI is InChI=1S/C26H22F3NO.C26H25NO2.C24H23N.C9H9NO.C9H9N/c1-17-6-3-7-18(2)24(17)22-11-4-8-19(14-22)16-30(25(31)26(27,28)29)23-13-12-20-9-5-10-21(20)15-23;1-15-5-3-6-16(2)23(15)18-8-4-7-17(11-18)14-27-20-9-10-21-19(12-20)13-22-24(21)25(22)26(28)29;1-17-6-3-7-18(2)24(17)22-11-4-8-19(14-22)16-25-23-13-12-20-9-5-10-21(20)15-23;10-7-2-3-8-6(5-7)1-4-9(8)11;10-9-5-4-7-2-1-3-8(7)6-9/h3-9,11-15H,10,16H2,1-2H3;3-12,22,24-25,27H,13-14H2,1-2H3,(H,28,29);3-9,11-15,25H,10,16H2,1-2H3;2-3,5H,1,4,10H2;1-2,4-6H,3,10H2. The van der Waals surface area contributed by atoms with Crippen molar-refractivity contribution in [2.75, 3.05) is 27.0 Å². The number of nitrogens with zero attached hydrogens (tertiary/aromatic N) is 1. The van der Waals surface area contributed by atoms with E-state index in [1.54, 1.807) is 30.3 Å². The normalized spacial score (nSPS) is 15.3. The van der Waals surface area contributed by atoms with E-state index in [4.69, 9.17) is 11.5 Å². The van der Waals surface area contributed by atoms with E-state index < -0.39 is 18.1 Å². The van der Waals surface area contributed by atoms with E-state index in [1.165, 1.54) is 94.7 Å². The first-order valence-electron chi connectivity index (χ1n) is 36.3. The summed E-state index contributed by atoms with van der Waals surface area (Å²) in [7, 11) is 0. The molecule has 7 N–H and O–H groups in total. The minimum Gasteiger partial charge on any atom is -0.481 e. The Labute approximate surface area is 619 Å². The molecule has 1 saturated carbocycles. The monoisotopic (exact) mass is 1410 g/mol. The molecule has 0 spiro atoms. The van der Waals surface area contributed by atoms with Crippen molar-refractivity contribution < 1.29 is 32.7 Å². The average Bonchev–Trinajstić information content (AvgIpc) is 1.55. The van der Waals surface area contributed by atoms with Gasteiger partial charge >= 0.3 is 18.1 Å². The number of hydrogen-bond donors (Lipinski definition) is 5. The van der Waals surface area contributed by atoms with E-state index in [2.05, 4.69) is 190 Å². The number of hydrogen-bond acceptors (Lipinski definition) is 7. The van der Waals surface area contributed by atoms with Crippen molar-refractivity contribution in [1.29, 1.82) is 0 Å². The first kappa shape index (κ1) is 72.6. The van der Waals surface area contributed by atoms with Gasteiger partial charge in [0.05, 0.1) is 12.5 Å². The van der Waals surface area contributed by atoms with E-state index in [0.29, 0.717) is 24.3 Å². The molecule has 1 fully saturated rings. The Morgan fingerprint density at radius 3 is 1.41 bits per heavy atom. The van der Waals surface area contributed by atoms with Gasteiger partial charge in [0.15, 0.2) is 5.78 Å². The van der Waals surface area contributed by atoms with Crippen molar-refractivity contribution in [3.63, 3.8) is 0 Å². The predicted octanol–water partition coefficient (Wildman–Crippen LogP) is 21.6. The Bertz CT molecular complexity index is 5220. The maximum atomic E-state index is 13.4. The summed E-state index contributed by atoms with van der Waals surface area (Å²) in [4.78, 5) is 35.5. The Morgan fingerprint density at radius 1 is 0.472 bits per heavy atom. The third-order valence-electron chi connectivity index (χ3n) is 21.0. The van der Waals surface area contributed by atoms with Crippen molar-refractivity contribution in [2.24, 2.45) is 11.8 Å². The van der Waals surface area contributed by atoms with Crippen LogP contribution in [0.3, 0.4) is 0 Å². The minimum atomic E-state index is -4.96. The number of nitrogen functional groups attached to an aromatic ring is 2. The van der Waals surface area contributed by atoms with Crippen LogP contribution in [0.25, 0.3) is 51.6 Å². The van der Waals surface area contributed by atoms with Gasteiger partial charge in [-0.05, 0) is 298 Å². The van der Waals surface area contributed by atoms with Crippen LogP contribution in [0.15, 0.2) is 237 Å². The fourth-order valence-electron chi connectivity index (χ4n) is 15.7. The molecule has 6 aliphatic rings. The second-order valence-electron chi connectivity index (χ2n) is 28.6. The Hall–Kier alpha value is -11.8. The maximum absolute atomic E-state index is 13.4. The number of nitrogens with one attached hydrogen (secondary N) is 2. The topological polar surface area (TPSA) is 151 Å². The summed E-state index contributed by atoms with van der Waals surface area (Å²) in [5, 5.41) is 16.4. The number of Topliss-reactive ketones (excluding diaryl/α,β-unsaturated/α-hetero) is 1. The summed E-state index contributed by atoms with van der Waals surface area (Å²) in [6.07, 6.45) is 12.8. The van der Waals surface area contributed by atoms with Crippen LogP contribution in [0, 0.1) is 53.4 Å². The summed E-state index contributed by atoms with van der Waals surface area (Å²) in [5.41, 5.74) is 45.0. The van der Waals surface area contributed by atoms with Crippen molar-refractivity contribution in [3.05, 3.63) is 342 Å². The molecule has 0 heterocycles. The number of halogens is 3. The van der Waals surface area contributed by atoms with Crippen LogP contribution in [0.5, 0.6) is 0 Å². The highest BCUT2D eigenvalue weighted by Gasteiger charge is 2.59. The fraction of sp³-hybridized carbons (Fsp3) is 0.202. The number of aliphatic carboxylic acids is 1. The van der Waals surface area contributed by atoms with Gasteiger partial charge in [-0.1, -0.05) is 170 Å². The highest BCUT2D eigenvalue weighted by Crippen LogP contribution is 2.61. The number of carbonyl (C=O) groups excluding carboxylic acids is 2. The number of alkyl halides is 3. The van der Waals surface area contributed by atoms with Gasteiger partial charge in [-0.2, -0.15) is 13.2 Å². The summed E-state index contributed by atoms with van der Waals surface area (Å²) < 4.78 is 40.2. The molecule has 1 amide bonds. The zero-order chi connectivity index (χ0) is 74.3. The number of carboxylic acids is 1. The minimum absolute atomic E-state index is 0.158. The molecule has 0 radical (unpaired) electrons. The van der Waals surface area contributed by atoms with E-state index in [9.17, 15) is 32.7 Å². The summed E-state index contributed by atoms with van der Waals surface area (Å²) in [6, 6.07) is 73.5. The zero-order valence-electron chi connectivity index (χ0n) is 60.8. The zero-order valence-corrected chi connectivity index (χ0v) is 60.8. The lowest BCUT2D eigenvalue weighted by Gasteiger charge is -2.25. The number of carbonyl (C=O) groups is 3. The number of nitrogens with two attached hydrogens (primary N) is 2. The number of allylic oxidation sites excluding steroid dienone is 3. The molecule has 3 unspecified atom stereocenters. The summed E-state index contributed by atoms with van der Waals surface area (Å²) in [5.74, 6) is -1.86. The molecule has 3 atom stereocenters. The summed E-state index contributed by atoms with van der Waals surface area (Å²) >= 11 is 0. The second kappa shape index (κ2) is 31.7. The largest absolute Gasteiger partial charge is 0.481 e. The van der Waals surface area contributed by atoms with Gasteiger partial charge in [0, 0.05) is 59.4 Å². The predicted molar refractivity (Wildman–Crippen MR) is 429 cm³/mol. The molecule has 0 bridgehead atoms. The number of rotatable bonds is 13. The second-order valence-corrected chi connectivity index (χ2v) is 28.6. The molecule has 12 heteroatoms. The molecular weight excluding hydrogens is 1320 g/mol. The van der Waals surface area contributed by atoms with Gasteiger partial charge in [0.2, 0.25) is 0 Å². The number of aryl methyl sites for hydroxylation is 7. The molecule has 6 aliphatic carbocycles. The number of ketones is 1. The van der Waals surface area contributed by atoms with Gasteiger partial charge in [-0.15, -0.1) is 0 Å². The van der Waals surface area contributed by atoms with Gasteiger partial charge < -0.3 is 32.1 Å². The smallest absolute Gasteiger partial charge is 0.471 e. The first-order chi connectivity index (χ1) is 51.1. The van der Waals surface area contributed by atoms with Gasteiger partial charge in [0.1, 0.15) is 0 Å². The number of anilines is 5. The Balaban J connectivity index is 0.000000124. The number of fused-ring (bicyclic) bond motifs is 7. The van der Waals surface area contributed by atoms with Crippen molar-refractivity contribution in [3.8, 4) is 33.4 Å². The SMILES string of the molecule is Cc1cccc(C)c1-c1cccc(CN(C(=O)C(F)(F)F)c2ccc3c(c2)CC=C3)c1.Cc1cccc(C)c1-c1cccc(CNc2ccc3c(c2)CC2C(C(=O)O)C32)c1.Cc1cccc(C)c1-c1cccc(CNc2ccc3c(c2)CC=C3)c1.Nc1ccc2c(c1)CC=C2.Nc1ccc2c(c1)CCC2=O. The highest BCUT2D eigenvalue weighted by atomic mass is 19.4. The van der Waals surface area contributed by atoms with Crippen LogP contribution in [0.2, 0.25) is 0 Å². The van der Waals surface area contributed by atoms with Crippen molar-refractivity contribution in [1.82, 2.24) is 0 Å². The Kier molecular flexibility index (Phi) is 21.7. The van der Waals surface area contributed by atoms with Crippen LogP contribution in [-0.2, 0) is 61.3 Å². The summed E-state index contributed by atoms with van der Waals surface area (Å²) in [6.45, 7) is 14.2. The number of carboxylic acid groups (broad SMARTS) is 1. The molecule has 0 aliphatic heterocycles. The maximum Gasteiger partial charge on any atom is 0.471 e. The average molecular weight is 1410 g/mol. The van der Waals surface area contributed by atoms with E-state index in [0.717, 1.165) is 105 Å². The van der Waals surface area contributed by atoms with Gasteiger partial charge in [0.25, 0.3) is 0 Å². The molecule has 17 rings (SSSR count). The van der Waals surface area contributed by atoms with Crippen LogP contribution in [0.1, 0.15) is 123 Å². The third kappa shape index (κ3) is 16.7. The van der Waals surface area contributed by atoms with Crippen LogP contribution in [0.4, 0.5) is 41.6 Å². The molecule has 0 saturated heterocycles. The molecule has 106 heavy (non-hydrogen) atoms. The number of amides is 1. The van der Waals surface area contributed by atoms with Crippen molar-refractivity contribution >= 4 is 64.3 Å². The fourth-order valence-corrected chi connectivity index (χ4v) is 15.7. The molecule has 534 valence electrons. The molecule has 9 nitrogen and oxygen atoms in total. The lowest BCUT2D eigenvalue weighted by molar-refractivity contribution is -0.170. The molecular formula is C94H88F3N5O4. The molecule has 0 aromatic heterocycles. The lowest BCUT2D eigenvalue weighted by atomic mass is 9.94. The van der Waals surface area contributed by atoms with Crippen LogP contribution in [-0.4, -0.2) is 28.9 Å². The van der Waals surface area contributed by atoms with Gasteiger partial charge in [-0.25, -0.2) is 0 Å². The van der Waals surface area contributed by atoms with Crippen molar-refractivity contribution in [2.45, 2.75) is 112 Å². The lowest BCUT2D eigenvalue weighted by Crippen LogP contribution is -2.40. The van der Waals surface area contributed by atoms with Crippen LogP contribution < -0.4 is 27.0 Å². The Morgan fingerprint density at radius 2 is 0.896 bits per heavy atom. The highest BCUT2D eigenvalue weighted by molar-refractivity contribution is 6.01. The van der Waals surface area contributed by atoms with E-state index in [-0.39, 0.29) is 29.9 Å². The van der Waals surface area contributed by atoms with Gasteiger partial charge in [-0.3, -0.25) is 14.4 Å². The van der Waals surface area contributed by atoms with E-state index in [1.807, 2.05) is 86.7 Å². The van der Waals surface area contributed by atoms with E-state index >= 15 is 0 Å².